The van der Waals surface area contributed by atoms with Gasteiger partial charge in [0.25, 0.3) is 0 Å². The van der Waals surface area contributed by atoms with E-state index in [1.54, 1.807) is 19.1 Å². The normalized spacial score (nSPS) is 13.3. The number of aromatic nitrogens is 2. The van der Waals surface area contributed by atoms with Gasteiger partial charge in [-0.3, -0.25) is 0 Å². The number of ether oxygens (including phenoxy) is 3. The Labute approximate surface area is 141 Å². The van der Waals surface area contributed by atoms with Crippen molar-refractivity contribution < 1.29 is 19.0 Å². The molecule has 3 rings (SSSR count). The van der Waals surface area contributed by atoms with E-state index in [-0.39, 0.29) is 5.01 Å². The van der Waals surface area contributed by atoms with Crippen LogP contribution in [-0.4, -0.2) is 36.0 Å². The molecule has 6 nitrogen and oxygen atoms in total. The molecule has 0 saturated carbocycles. The van der Waals surface area contributed by atoms with Crippen LogP contribution in [0, 0.1) is 0 Å². The SMILES string of the molecule is CCOC(=O)c1nnc(/C=C/c2cc(Cl)c3c(c2)OCCO3)s1. The van der Waals surface area contributed by atoms with Crippen LogP contribution in [0.4, 0.5) is 0 Å². The molecule has 1 aliphatic heterocycles. The van der Waals surface area contributed by atoms with Crippen molar-refractivity contribution in [2.45, 2.75) is 6.92 Å². The molecule has 0 fully saturated rings. The molecule has 23 heavy (non-hydrogen) atoms. The maximum absolute atomic E-state index is 11.6. The molecule has 2 heterocycles. The fraction of sp³-hybridized carbons (Fsp3) is 0.267. The fourth-order valence-corrected chi connectivity index (χ4v) is 2.89. The molecule has 0 radical (unpaired) electrons. The van der Waals surface area contributed by atoms with Gasteiger partial charge in [-0.2, -0.15) is 0 Å². The first-order chi connectivity index (χ1) is 11.2. The Morgan fingerprint density at radius 1 is 1.35 bits per heavy atom. The Bertz CT molecular complexity index is 760. The van der Waals surface area contributed by atoms with Gasteiger partial charge in [-0.15, -0.1) is 10.2 Å². The molecule has 8 heteroatoms. The molecule has 120 valence electrons. The van der Waals surface area contributed by atoms with Crippen molar-refractivity contribution in [3.05, 3.63) is 32.7 Å². The lowest BCUT2D eigenvalue weighted by Gasteiger charge is -2.19. The highest BCUT2D eigenvalue weighted by atomic mass is 35.5. The number of halogens is 1. The molecule has 0 spiro atoms. The number of hydrogen-bond acceptors (Lipinski definition) is 7. The minimum Gasteiger partial charge on any atom is -0.486 e. The van der Waals surface area contributed by atoms with E-state index < -0.39 is 5.97 Å². The van der Waals surface area contributed by atoms with E-state index >= 15 is 0 Å². The van der Waals surface area contributed by atoms with Gasteiger partial charge in [0.05, 0.1) is 11.6 Å². The fourth-order valence-electron chi connectivity index (χ4n) is 1.97. The van der Waals surface area contributed by atoms with Crippen molar-refractivity contribution in [3.63, 3.8) is 0 Å². The quantitative estimate of drug-likeness (QED) is 0.786. The number of rotatable bonds is 4. The molecule has 0 N–H and O–H groups in total. The topological polar surface area (TPSA) is 70.5 Å². The van der Waals surface area contributed by atoms with Crippen molar-refractivity contribution in [1.82, 2.24) is 10.2 Å². The second kappa shape index (κ2) is 6.97. The number of carbonyl (C=O) groups is 1. The van der Waals surface area contributed by atoms with Gasteiger partial charge in [0.1, 0.15) is 18.2 Å². The minimum absolute atomic E-state index is 0.228. The van der Waals surface area contributed by atoms with Crippen LogP contribution in [0.1, 0.15) is 27.3 Å². The molecular weight excluding hydrogens is 340 g/mol. The predicted octanol–water partition coefficient (Wildman–Crippen LogP) is 3.31. The van der Waals surface area contributed by atoms with Gasteiger partial charge >= 0.3 is 5.97 Å². The molecule has 1 aromatic heterocycles. The van der Waals surface area contributed by atoms with Gasteiger partial charge < -0.3 is 14.2 Å². The Kier molecular flexibility index (Phi) is 4.78. The molecular formula is C15H13ClN2O4S. The van der Waals surface area contributed by atoms with Gasteiger partial charge in [0.2, 0.25) is 5.01 Å². The third-order valence-electron chi connectivity index (χ3n) is 2.93. The summed E-state index contributed by atoms with van der Waals surface area (Å²) in [6.45, 7) is 3.03. The lowest BCUT2D eigenvalue weighted by atomic mass is 10.2. The number of esters is 1. The number of hydrogen-bond donors (Lipinski definition) is 0. The van der Waals surface area contributed by atoms with Gasteiger partial charge in [0.15, 0.2) is 11.5 Å². The van der Waals surface area contributed by atoms with E-state index in [9.17, 15) is 4.79 Å². The van der Waals surface area contributed by atoms with E-state index in [0.29, 0.717) is 41.3 Å². The summed E-state index contributed by atoms with van der Waals surface area (Å²) in [4.78, 5) is 11.6. The summed E-state index contributed by atoms with van der Waals surface area (Å²) in [5, 5.41) is 9.06. The van der Waals surface area contributed by atoms with Crippen LogP contribution in [0.25, 0.3) is 12.2 Å². The highest BCUT2D eigenvalue weighted by molar-refractivity contribution is 7.14. The highest BCUT2D eigenvalue weighted by Crippen LogP contribution is 2.38. The second-order valence-corrected chi connectivity index (χ2v) is 5.94. The predicted molar refractivity (Wildman–Crippen MR) is 87.2 cm³/mol. The van der Waals surface area contributed by atoms with Gasteiger partial charge in [0, 0.05) is 0 Å². The molecule has 1 aliphatic rings. The molecule has 0 bridgehead atoms. The maximum Gasteiger partial charge on any atom is 0.369 e. The van der Waals surface area contributed by atoms with E-state index in [1.165, 1.54) is 0 Å². The van der Waals surface area contributed by atoms with Crippen LogP contribution in [0.2, 0.25) is 5.02 Å². The molecule has 0 atom stereocenters. The number of fused-ring (bicyclic) bond motifs is 1. The Hall–Kier alpha value is -2.12. The Balaban J connectivity index is 1.78. The zero-order valence-electron chi connectivity index (χ0n) is 12.2. The molecule has 0 amide bonds. The van der Waals surface area contributed by atoms with Crippen LogP contribution in [-0.2, 0) is 4.74 Å². The van der Waals surface area contributed by atoms with Gasteiger partial charge in [-0.05, 0) is 30.7 Å². The van der Waals surface area contributed by atoms with Crippen molar-refractivity contribution >= 4 is 41.1 Å². The molecule has 0 unspecified atom stereocenters. The van der Waals surface area contributed by atoms with E-state index in [0.717, 1.165) is 16.9 Å². The average molecular weight is 353 g/mol. The second-order valence-electron chi connectivity index (χ2n) is 4.53. The monoisotopic (exact) mass is 352 g/mol. The van der Waals surface area contributed by atoms with E-state index in [2.05, 4.69) is 10.2 Å². The summed E-state index contributed by atoms with van der Waals surface area (Å²) in [5.41, 5.74) is 0.840. The Morgan fingerprint density at radius 3 is 3.00 bits per heavy atom. The minimum atomic E-state index is -0.466. The molecule has 2 aromatic rings. The van der Waals surface area contributed by atoms with Crippen molar-refractivity contribution in [2.24, 2.45) is 0 Å². The maximum atomic E-state index is 11.6. The highest BCUT2D eigenvalue weighted by Gasteiger charge is 2.16. The summed E-state index contributed by atoms with van der Waals surface area (Å²) in [5.74, 6) is 0.718. The summed E-state index contributed by atoms with van der Waals surface area (Å²) in [6.07, 6.45) is 3.57. The molecule has 0 aliphatic carbocycles. The zero-order chi connectivity index (χ0) is 16.2. The van der Waals surface area contributed by atoms with Crippen LogP contribution < -0.4 is 9.47 Å². The standard InChI is InChI=1S/C15H13ClN2O4S/c1-2-20-15(19)14-18-17-12(23-14)4-3-9-7-10(16)13-11(8-9)21-5-6-22-13/h3-4,7-8H,2,5-6H2,1H3/b4-3+. The van der Waals surface area contributed by atoms with Crippen LogP contribution in [0.3, 0.4) is 0 Å². The van der Waals surface area contributed by atoms with Crippen molar-refractivity contribution in [2.75, 3.05) is 19.8 Å². The largest absolute Gasteiger partial charge is 0.486 e. The average Bonchev–Trinajstić information content (AvgIpc) is 3.02. The van der Waals surface area contributed by atoms with E-state index in [1.807, 2.05) is 12.1 Å². The van der Waals surface area contributed by atoms with Crippen molar-refractivity contribution in [3.8, 4) is 11.5 Å². The first kappa shape index (κ1) is 15.8. The van der Waals surface area contributed by atoms with Gasteiger partial charge in [-0.25, -0.2) is 4.79 Å². The first-order valence-electron chi connectivity index (χ1n) is 6.95. The smallest absolute Gasteiger partial charge is 0.369 e. The summed E-state index contributed by atoms with van der Waals surface area (Å²) < 4.78 is 15.9. The van der Waals surface area contributed by atoms with Crippen LogP contribution >= 0.6 is 22.9 Å². The lowest BCUT2D eigenvalue weighted by molar-refractivity contribution is 0.0525. The summed E-state index contributed by atoms with van der Waals surface area (Å²) in [6, 6.07) is 3.61. The molecule has 0 saturated heterocycles. The lowest BCUT2D eigenvalue weighted by Crippen LogP contribution is -2.15. The van der Waals surface area contributed by atoms with Crippen molar-refractivity contribution in [1.29, 1.82) is 0 Å². The third-order valence-corrected chi connectivity index (χ3v) is 4.08. The van der Waals surface area contributed by atoms with Crippen LogP contribution in [0.5, 0.6) is 11.5 Å². The summed E-state index contributed by atoms with van der Waals surface area (Å²) in [7, 11) is 0. The summed E-state index contributed by atoms with van der Waals surface area (Å²) >= 11 is 7.34. The van der Waals surface area contributed by atoms with Gasteiger partial charge in [-0.1, -0.05) is 29.0 Å². The molecule has 1 aromatic carbocycles. The Morgan fingerprint density at radius 2 is 2.17 bits per heavy atom. The van der Waals surface area contributed by atoms with E-state index in [4.69, 9.17) is 25.8 Å². The van der Waals surface area contributed by atoms with Crippen LogP contribution in [0.15, 0.2) is 12.1 Å². The third kappa shape index (κ3) is 3.62. The zero-order valence-corrected chi connectivity index (χ0v) is 13.8. The first-order valence-corrected chi connectivity index (χ1v) is 8.14. The number of benzene rings is 1. The number of carbonyl (C=O) groups excluding carboxylic acids is 1. The number of nitrogens with zero attached hydrogens (tertiary/aromatic N) is 2.